The van der Waals surface area contributed by atoms with E-state index in [0.29, 0.717) is 0 Å². The number of hydrogen-bond acceptors (Lipinski definition) is 15. The Balaban J connectivity index is 0.000000243. The van der Waals surface area contributed by atoms with Crippen LogP contribution < -0.4 is 20.0 Å². The number of ketones is 2. The van der Waals surface area contributed by atoms with Crippen molar-refractivity contribution in [3.8, 4) is 11.3 Å². The number of thiophene rings is 1. The molecule has 116 heavy (non-hydrogen) atoms. The monoisotopic (exact) mass is 2380 g/mol. The third kappa shape index (κ3) is 24.7. The average molecular weight is 2380 g/mol. The number of para-hydroxylation sites is 5. The quantitative estimate of drug-likeness (QED) is 0.0595. The van der Waals surface area contributed by atoms with Crippen LogP contribution in [0.25, 0.3) is 104 Å². The molecule has 2 aliphatic heterocycles. The van der Waals surface area contributed by atoms with Crippen LogP contribution in [0.1, 0.15) is 26.2 Å². The molecule has 0 atom stereocenters. The maximum absolute atomic E-state index is 11.7. The molecule has 0 amide bonds. The molecule has 0 saturated carbocycles. The number of anilines is 5. The fraction of sp³-hybridized carbons (Fsp3) is 0.0645. The molecule has 14 nitrogen and oxygen atoms in total. The fourth-order valence-corrected chi connectivity index (χ4v) is 12.8. The third-order valence-corrected chi connectivity index (χ3v) is 18.0. The van der Waals surface area contributed by atoms with Crippen LogP contribution in [0, 0.1) is 121 Å². The molecule has 7 aromatic heterocycles. The Morgan fingerprint density at radius 1 is 0.526 bits per heavy atom. The first-order valence-corrected chi connectivity index (χ1v) is 35.1. The second kappa shape index (κ2) is 47.2. The first kappa shape index (κ1) is 97.3. The van der Waals surface area contributed by atoms with Crippen LogP contribution in [-0.2, 0) is 69.9 Å². The van der Waals surface area contributed by atoms with Gasteiger partial charge in [-0.2, -0.15) is 55.6 Å². The van der Waals surface area contributed by atoms with Gasteiger partial charge in [-0.1, -0.05) is 176 Å². The minimum absolute atomic E-state index is 0. The van der Waals surface area contributed by atoms with Crippen LogP contribution in [0.15, 0.2) is 338 Å². The normalized spacial score (nSPS) is 11.4. The van der Waals surface area contributed by atoms with Gasteiger partial charge in [0.25, 0.3) is 5.78 Å². The zero-order valence-electron chi connectivity index (χ0n) is 62.0. The summed E-state index contributed by atoms with van der Waals surface area (Å²) < 4.78 is 41.2. The van der Waals surface area contributed by atoms with Crippen LogP contribution in [0.3, 0.4) is 0 Å². The summed E-state index contributed by atoms with van der Waals surface area (Å²) in [5.74, 6) is -2.79. The Labute approximate surface area is 788 Å². The van der Waals surface area contributed by atoms with Crippen molar-refractivity contribution in [1.82, 2.24) is 30.2 Å². The molecule has 10 aromatic carbocycles. The molecule has 0 saturated heterocycles. The Morgan fingerprint density at radius 3 is 1.58 bits per heavy atom. The fourth-order valence-electron chi connectivity index (χ4n) is 12.1. The smallest absolute Gasteiger partial charge is 0.454 e. The molecule has 23 heteroatoms. The van der Waals surface area contributed by atoms with Gasteiger partial charge in [-0.25, -0.2) is 0 Å². The Kier molecular flexibility index (Phi) is 39.6. The van der Waals surface area contributed by atoms with Crippen LogP contribution in [0.5, 0.6) is 0 Å². The van der Waals surface area contributed by atoms with E-state index in [1.807, 2.05) is 104 Å². The molecule has 2 aliphatic rings. The number of pyridine rings is 5. The van der Waals surface area contributed by atoms with Crippen molar-refractivity contribution < 1.29 is 186 Å². The second-order valence-electron chi connectivity index (χ2n) is 24.4. The van der Waals surface area contributed by atoms with Crippen LogP contribution in [0.2, 0.25) is 0 Å². The number of nitrogens with zero attached hydrogens (tertiary/aromatic N) is 8. The van der Waals surface area contributed by atoms with Gasteiger partial charge in [0.1, 0.15) is 11.3 Å². The van der Waals surface area contributed by atoms with E-state index in [0.717, 1.165) is 113 Å². The molecule has 595 valence electrons. The molecule has 0 bridgehead atoms. The molecule has 17 aromatic rings. The van der Waals surface area contributed by atoms with E-state index in [-0.39, 0.29) is 193 Å². The number of furan rings is 1. The number of aromatic nitrogens is 5. The van der Waals surface area contributed by atoms with Gasteiger partial charge in [0, 0.05) is 257 Å². The number of carbonyl (C=O) groups excluding carboxylic acids is 2. The Hall–Kier alpha value is -9.28. The van der Waals surface area contributed by atoms with Gasteiger partial charge in [-0.3, -0.25) is 29.5 Å². The standard InChI is InChI=1S/C19H15N2.C19H12N.C15H11N2O.2C12H8N2.C8H5F3O2S.C5H8O2.CH4.2CH3.Eu.3Ir.Tb/c1-3-9-16(10-4-1)20-15-21(17-11-5-2-6-12-17)19-14-8-7-13-18(19)20;1-2-7-16-13-17(10-9-14(16)5-1)19-18-8-4-3-6-15(18)11-12-20-19;1-2-7-14-11(4-1)12-5-3-6-13(15(12)18-14)17-9-8-16-10-17;2*1-3-9-5-6-10-4-2-8-14-12(10)11(9)13-7-1;9-8(10,11)7(13)4-5(12)6-2-1-3-14-6;1-4(6)3-5(2)7;;;;;;;;/h1-11,13-14H,15H2;1-9,11-13H;1-5,7-9,16H,10H2;2*1-8H;1-4,12H;3,6H,1-2H3;1H4;2*1H3;;;;;/q3*-1;;;;;;2*+1;;;;;. The van der Waals surface area contributed by atoms with Gasteiger partial charge in [0.2, 0.25) is 0 Å². The van der Waals surface area contributed by atoms with Crippen LogP contribution in [0.4, 0.5) is 41.6 Å². The van der Waals surface area contributed by atoms with Crippen molar-refractivity contribution in [2.45, 2.75) is 27.5 Å². The van der Waals surface area contributed by atoms with Crippen molar-refractivity contribution in [3.63, 3.8) is 0 Å². The number of nitrogens with one attached hydrogen (secondary N) is 1. The van der Waals surface area contributed by atoms with E-state index in [1.165, 1.54) is 64.6 Å². The van der Waals surface area contributed by atoms with Gasteiger partial charge in [0.05, 0.1) is 57.4 Å². The predicted molar refractivity (Wildman–Crippen MR) is 450 cm³/mol. The average Bonchev–Trinajstić information content (AvgIpc) is 1.34. The van der Waals surface area contributed by atoms with E-state index in [1.54, 1.807) is 36.2 Å². The van der Waals surface area contributed by atoms with Gasteiger partial charge >= 0.3 is 6.18 Å². The molecule has 0 spiro atoms. The molecule has 0 aliphatic carbocycles. The summed E-state index contributed by atoms with van der Waals surface area (Å²) in [6.45, 7) is 4.41. The number of carbonyl (C=O) groups is 2. The summed E-state index contributed by atoms with van der Waals surface area (Å²) in [6, 6.07) is 99.3. The van der Waals surface area contributed by atoms with E-state index in [2.05, 4.69) is 233 Å². The summed E-state index contributed by atoms with van der Waals surface area (Å²) in [5.41, 5.74) is 13.5. The number of halogens is 3. The van der Waals surface area contributed by atoms with Crippen molar-refractivity contribution in [2.24, 2.45) is 0 Å². The largest absolute Gasteiger partial charge is 0.513 e. The molecule has 5 radical (unpaired) electrons. The van der Waals surface area contributed by atoms with Crippen molar-refractivity contribution in [1.29, 1.82) is 0 Å². The van der Waals surface area contributed by atoms with Gasteiger partial charge in [-0.15, -0.1) is 46.6 Å². The number of rotatable bonds is 7. The topological polar surface area (TPSA) is 174 Å². The van der Waals surface area contributed by atoms with Crippen molar-refractivity contribution in [2.75, 3.05) is 28.0 Å². The number of aliphatic hydroxyl groups excluding tert-OH is 2. The number of fused-ring (bicyclic) bond motifs is 12. The van der Waals surface area contributed by atoms with E-state index in [9.17, 15) is 22.8 Å². The summed E-state index contributed by atoms with van der Waals surface area (Å²) in [6.07, 6.45) is 9.39. The summed E-state index contributed by atoms with van der Waals surface area (Å²) in [5, 5.41) is 33.8. The number of benzene rings is 10. The zero-order valence-corrected chi connectivity index (χ0v) is 74.6. The van der Waals surface area contributed by atoms with Crippen LogP contribution in [-0.4, -0.2) is 66.2 Å². The molecular weight excluding hydrogens is 2300 g/mol. The molecule has 9 heterocycles. The van der Waals surface area contributed by atoms with E-state index < -0.39 is 17.7 Å². The first-order valence-electron chi connectivity index (χ1n) is 34.2. The number of alkyl halides is 3. The van der Waals surface area contributed by atoms with Crippen LogP contribution >= 0.6 is 11.3 Å². The maximum atomic E-state index is 11.7. The summed E-state index contributed by atoms with van der Waals surface area (Å²) >= 11 is 1.05. The number of allylic oxidation sites excluding steroid dienone is 3. The SMILES string of the molecule is C.CC(=O)C=C(C)O.O=C(C=C(O)c1cccs1)C(F)(F)F.[CH3+].[CH3+].[Eu].[Ir].[Ir].[Ir].[Tb].[c-]1cc2ccccc2cc1-c1nccc2ccccc12.[c-]1ccc2c(oc3ccccc32)c1N1C=CNC1.[c-]1ccccc1N1CN(c2ccccc2)c2ccccc21.c1cnc2c(c1)ccc1cccnc12.c1cnc2c(c1)ccc1cccnc12. The molecule has 3 N–H and O–H groups in total. The van der Waals surface area contributed by atoms with Gasteiger partial charge < -0.3 is 39.6 Å². The molecule has 0 unspecified atom stereocenters. The summed E-state index contributed by atoms with van der Waals surface area (Å²) in [7, 11) is 0. The Bertz CT molecular complexity index is 5820. The number of aliphatic hydroxyl groups is 2. The third-order valence-electron chi connectivity index (χ3n) is 17.1. The minimum atomic E-state index is -4.94. The Morgan fingerprint density at radius 2 is 1.05 bits per heavy atom. The van der Waals surface area contributed by atoms with Crippen molar-refractivity contribution in [3.05, 3.63) is 372 Å². The molecule has 0 fully saturated rings. The molecule has 19 rings (SSSR count). The van der Waals surface area contributed by atoms with E-state index in [4.69, 9.17) is 14.6 Å². The first-order chi connectivity index (χ1) is 52.7. The minimum Gasteiger partial charge on any atom is -0.513 e. The molecular formula is C93H77EuF3Ir3N9O5STb-. The van der Waals surface area contributed by atoms with Crippen molar-refractivity contribution >= 4 is 144 Å². The maximum Gasteiger partial charge on any atom is 0.454 e. The predicted octanol–water partition coefficient (Wildman–Crippen LogP) is 23.7. The van der Waals surface area contributed by atoms with Gasteiger partial charge in [0.15, 0.2) is 5.78 Å². The second-order valence-corrected chi connectivity index (χ2v) is 25.4. The zero-order chi connectivity index (χ0) is 74.8. The van der Waals surface area contributed by atoms with Gasteiger partial charge in [-0.05, 0) is 108 Å². The number of hydrogen-bond donors (Lipinski definition) is 3. The summed E-state index contributed by atoms with van der Waals surface area (Å²) in [4.78, 5) is 49.3. The van der Waals surface area contributed by atoms with E-state index >= 15 is 0 Å².